The summed E-state index contributed by atoms with van der Waals surface area (Å²) in [5, 5.41) is 2.04. The number of likely N-dealkylation sites (tertiary alicyclic amines) is 1. The van der Waals surface area contributed by atoms with Gasteiger partial charge >= 0.3 is 5.97 Å². The molecule has 6 nitrogen and oxygen atoms in total. The number of hydrogen-bond donors (Lipinski definition) is 0. The summed E-state index contributed by atoms with van der Waals surface area (Å²) in [6, 6.07) is 36.5. The van der Waals surface area contributed by atoms with Gasteiger partial charge in [0.05, 0.1) is 7.11 Å². The van der Waals surface area contributed by atoms with Crippen molar-refractivity contribution in [2.45, 2.75) is 16.8 Å². The van der Waals surface area contributed by atoms with E-state index in [4.69, 9.17) is 9.47 Å². The molecule has 9 heteroatoms. The van der Waals surface area contributed by atoms with Crippen LogP contribution in [-0.2, 0) is 25.7 Å². The van der Waals surface area contributed by atoms with Crippen LogP contribution in [0.1, 0.15) is 5.56 Å². The van der Waals surface area contributed by atoms with Crippen molar-refractivity contribution in [3.8, 4) is 5.75 Å². The number of nitrogens with zero attached hydrogens (tertiary/aromatic N) is 1. The van der Waals surface area contributed by atoms with E-state index in [0.29, 0.717) is 11.4 Å². The standard InChI is InChI=1S/C32H27BrNO5PS/c1-38-24-19-17-23(18-20-24)21-39-32(37)30(34-29(36)28(33)31(34)41-22-35)40(25-11-5-2-6-12-25,26-13-7-3-8-14-26)27-15-9-4-10-16-27/h2-20,22,28,31H,21H2,1H3/t28-,31+/m0/s1. The normalized spacial score (nSPS) is 16.4. The Labute approximate surface area is 251 Å². The summed E-state index contributed by atoms with van der Waals surface area (Å²) in [5.41, 5.74) is 1.70. The zero-order valence-corrected chi connectivity index (χ0v) is 25.4. The Hall–Kier alpha value is -3.58. The van der Waals surface area contributed by atoms with Crippen molar-refractivity contribution < 1.29 is 23.9 Å². The largest absolute Gasteiger partial charge is 0.497 e. The molecule has 208 valence electrons. The van der Waals surface area contributed by atoms with Gasteiger partial charge in [-0.05, 0) is 33.6 Å². The molecule has 0 aromatic heterocycles. The van der Waals surface area contributed by atoms with Crippen molar-refractivity contribution in [2.24, 2.45) is 0 Å². The predicted octanol–water partition coefficient (Wildman–Crippen LogP) is 4.72. The number of methoxy groups -OCH3 is 1. The molecule has 0 radical (unpaired) electrons. The molecule has 0 spiro atoms. The molecule has 0 aliphatic carbocycles. The molecular formula is C32H27BrNO5PS. The van der Waals surface area contributed by atoms with Gasteiger partial charge in [0, 0.05) is 6.89 Å². The third-order valence-electron chi connectivity index (χ3n) is 6.86. The lowest BCUT2D eigenvalue weighted by Crippen LogP contribution is -2.65. The first kappa shape index (κ1) is 28.9. The van der Waals surface area contributed by atoms with Gasteiger partial charge in [0.25, 0.3) is 0 Å². The molecule has 0 bridgehead atoms. The number of amides is 1. The van der Waals surface area contributed by atoms with E-state index in [1.807, 2.05) is 103 Å². The van der Waals surface area contributed by atoms with Crippen LogP contribution in [-0.4, -0.2) is 45.1 Å². The summed E-state index contributed by atoms with van der Waals surface area (Å²) in [5.74, 6) is -0.222. The van der Waals surface area contributed by atoms with Gasteiger partial charge < -0.3 is 9.47 Å². The SMILES string of the molecule is COc1ccc(COC(=O)C(N2C(=O)[C@H](Br)[C@H]2SC=O)=P(c2ccccc2)(c2ccccc2)c2ccccc2)cc1. The van der Waals surface area contributed by atoms with Gasteiger partial charge in [-0.1, -0.05) is 131 Å². The van der Waals surface area contributed by atoms with Crippen LogP contribution in [0.25, 0.3) is 0 Å². The molecule has 5 rings (SSSR count). The number of thioether (sulfide) groups is 1. The summed E-state index contributed by atoms with van der Waals surface area (Å²) in [7, 11) is 1.59. The van der Waals surface area contributed by atoms with Crippen molar-refractivity contribution >= 4 is 73.4 Å². The number of halogens is 1. The number of rotatable bonds is 10. The van der Waals surface area contributed by atoms with Crippen LogP contribution in [0.3, 0.4) is 0 Å². The molecule has 0 saturated carbocycles. The smallest absolute Gasteiger partial charge is 0.356 e. The average Bonchev–Trinajstić information content (AvgIpc) is 3.04. The fourth-order valence-corrected chi connectivity index (χ4v) is 10.9. The second-order valence-electron chi connectivity index (χ2n) is 9.16. The number of esters is 1. The van der Waals surface area contributed by atoms with Gasteiger partial charge in [0.1, 0.15) is 28.0 Å². The number of carbonyl (C=O) groups is 3. The Balaban J connectivity index is 1.82. The monoisotopic (exact) mass is 647 g/mol. The highest BCUT2D eigenvalue weighted by atomic mass is 79.9. The predicted molar refractivity (Wildman–Crippen MR) is 171 cm³/mol. The minimum atomic E-state index is -3.02. The van der Waals surface area contributed by atoms with E-state index in [0.717, 1.165) is 33.2 Å². The fourth-order valence-electron chi connectivity index (χ4n) is 4.94. The molecule has 0 N–H and O–H groups in total. The van der Waals surface area contributed by atoms with Crippen LogP contribution in [0, 0.1) is 0 Å². The van der Waals surface area contributed by atoms with Gasteiger partial charge in [0.15, 0.2) is 5.62 Å². The molecule has 4 aromatic carbocycles. The highest BCUT2D eigenvalue weighted by Gasteiger charge is 2.53. The molecule has 1 aliphatic rings. The number of carbonyl (C=O) groups excluding carboxylic acids is 3. The summed E-state index contributed by atoms with van der Waals surface area (Å²) in [6.45, 7) is -3.03. The molecule has 1 aliphatic heterocycles. The maximum atomic E-state index is 14.5. The van der Waals surface area contributed by atoms with Crippen molar-refractivity contribution in [1.82, 2.24) is 4.90 Å². The van der Waals surface area contributed by atoms with Crippen LogP contribution < -0.4 is 20.7 Å². The van der Waals surface area contributed by atoms with Crippen molar-refractivity contribution in [3.63, 3.8) is 0 Å². The lowest BCUT2D eigenvalue weighted by Gasteiger charge is -2.46. The summed E-state index contributed by atoms with van der Waals surface area (Å²) >= 11 is 4.40. The van der Waals surface area contributed by atoms with Crippen LogP contribution in [0.15, 0.2) is 115 Å². The first-order valence-corrected chi connectivity index (χ1v) is 16.5. The third-order valence-corrected chi connectivity index (χ3v) is 13.2. The summed E-state index contributed by atoms with van der Waals surface area (Å²) in [6.07, 6.45) is 0. The van der Waals surface area contributed by atoms with Crippen LogP contribution in [0.2, 0.25) is 0 Å². The molecule has 0 unspecified atom stereocenters. The Bertz CT molecular complexity index is 1480. The lowest BCUT2D eigenvalue weighted by atomic mass is 10.2. The second kappa shape index (κ2) is 12.9. The van der Waals surface area contributed by atoms with E-state index in [2.05, 4.69) is 15.9 Å². The lowest BCUT2D eigenvalue weighted by molar-refractivity contribution is -0.142. The zero-order chi connectivity index (χ0) is 28.8. The fraction of sp³-hybridized carbons (Fsp3) is 0.125. The van der Waals surface area contributed by atoms with Crippen molar-refractivity contribution in [1.29, 1.82) is 0 Å². The molecule has 41 heavy (non-hydrogen) atoms. The van der Waals surface area contributed by atoms with Gasteiger partial charge in [-0.3, -0.25) is 14.5 Å². The second-order valence-corrected chi connectivity index (χ2v) is 14.4. The molecular weight excluding hydrogens is 621 g/mol. The Morgan fingerprint density at radius 3 is 1.78 bits per heavy atom. The highest BCUT2D eigenvalue weighted by Crippen LogP contribution is 2.50. The number of β-lactam (4-membered cyclic amide) rings is 1. The summed E-state index contributed by atoms with van der Waals surface area (Å²) < 4.78 is 11.3. The van der Waals surface area contributed by atoms with E-state index < -0.39 is 23.1 Å². The highest BCUT2D eigenvalue weighted by molar-refractivity contribution is 9.10. The molecule has 1 amide bonds. The van der Waals surface area contributed by atoms with E-state index >= 15 is 0 Å². The Kier molecular flexibility index (Phi) is 9.13. The van der Waals surface area contributed by atoms with Crippen LogP contribution >= 0.6 is 34.6 Å². The van der Waals surface area contributed by atoms with E-state index in [1.54, 1.807) is 19.2 Å². The Morgan fingerprint density at radius 2 is 1.34 bits per heavy atom. The topological polar surface area (TPSA) is 72.9 Å². The molecule has 1 heterocycles. The maximum absolute atomic E-state index is 14.5. The molecule has 2 atom stereocenters. The summed E-state index contributed by atoms with van der Waals surface area (Å²) in [4.78, 5) is 40.6. The maximum Gasteiger partial charge on any atom is 0.356 e. The van der Waals surface area contributed by atoms with Crippen LogP contribution in [0.4, 0.5) is 0 Å². The van der Waals surface area contributed by atoms with Gasteiger partial charge in [0.2, 0.25) is 5.91 Å². The van der Waals surface area contributed by atoms with Crippen molar-refractivity contribution in [3.05, 3.63) is 121 Å². The first-order chi connectivity index (χ1) is 20.0. The number of benzene rings is 4. The van der Waals surface area contributed by atoms with Gasteiger partial charge in [-0.15, -0.1) is 0 Å². The van der Waals surface area contributed by atoms with Crippen molar-refractivity contribution in [2.75, 3.05) is 7.11 Å². The van der Waals surface area contributed by atoms with E-state index in [1.165, 1.54) is 4.90 Å². The molecule has 1 saturated heterocycles. The van der Waals surface area contributed by atoms with Gasteiger partial charge in [-0.25, -0.2) is 4.79 Å². The quantitative estimate of drug-likeness (QED) is 0.0816. The average molecular weight is 649 g/mol. The minimum Gasteiger partial charge on any atom is -0.497 e. The number of ether oxygens (including phenoxy) is 2. The minimum absolute atomic E-state index is 0.00401. The van der Waals surface area contributed by atoms with Gasteiger partial charge in [-0.2, -0.15) is 0 Å². The number of hydrogen-bond acceptors (Lipinski definition) is 6. The van der Waals surface area contributed by atoms with E-state index in [9.17, 15) is 14.4 Å². The zero-order valence-electron chi connectivity index (χ0n) is 22.1. The molecule has 1 fully saturated rings. The first-order valence-electron chi connectivity index (χ1n) is 12.8. The molecule has 4 aromatic rings. The number of alkyl halides is 1. The van der Waals surface area contributed by atoms with E-state index in [-0.39, 0.29) is 17.9 Å². The third kappa shape index (κ3) is 5.52. The Morgan fingerprint density at radius 1 is 0.854 bits per heavy atom. The van der Waals surface area contributed by atoms with Crippen LogP contribution in [0.5, 0.6) is 5.75 Å².